The molecule has 0 heterocycles. The van der Waals surface area contributed by atoms with Crippen molar-refractivity contribution in [2.24, 2.45) is 0 Å². The lowest BCUT2D eigenvalue weighted by atomic mass is 9.80. The molecule has 0 bridgehead atoms. The van der Waals surface area contributed by atoms with E-state index in [0.717, 1.165) is 25.3 Å². The van der Waals surface area contributed by atoms with E-state index in [1.165, 1.54) is 6.07 Å². The van der Waals surface area contributed by atoms with Crippen LogP contribution in [0.2, 0.25) is 0 Å². The Balaban J connectivity index is 1.96. The summed E-state index contributed by atoms with van der Waals surface area (Å²) in [6.07, 6.45) is 2.71. The molecule has 1 aromatic carbocycles. The Kier molecular flexibility index (Phi) is 3.35. The summed E-state index contributed by atoms with van der Waals surface area (Å²) in [5.74, 6) is -0.498. The smallest absolute Gasteiger partial charge is 0.126 e. The number of phenols is 1. The average molecular weight is 239 g/mol. The Labute approximate surface area is 100 Å². The molecule has 1 unspecified atom stereocenters. The maximum Gasteiger partial charge on any atom is 0.126 e. The summed E-state index contributed by atoms with van der Waals surface area (Å²) >= 11 is 0. The van der Waals surface area contributed by atoms with Crippen molar-refractivity contribution in [2.45, 2.75) is 37.8 Å². The molecule has 0 aliphatic heterocycles. The summed E-state index contributed by atoms with van der Waals surface area (Å²) in [6.45, 7) is 2.39. The third kappa shape index (κ3) is 2.76. The zero-order chi connectivity index (χ0) is 12.5. The van der Waals surface area contributed by atoms with Gasteiger partial charge in [-0.1, -0.05) is 6.07 Å². The highest BCUT2D eigenvalue weighted by Gasteiger charge is 2.34. The number of aromatic hydroxyl groups is 1. The van der Waals surface area contributed by atoms with Gasteiger partial charge >= 0.3 is 0 Å². The van der Waals surface area contributed by atoms with Crippen LogP contribution in [0, 0.1) is 5.82 Å². The van der Waals surface area contributed by atoms with Gasteiger partial charge in [0.25, 0.3) is 0 Å². The molecular formula is C13H18FNO2. The van der Waals surface area contributed by atoms with Crippen LogP contribution < -0.4 is 5.32 Å². The summed E-state index contributed by atoms with van der Waals surface area (Å²) < 4.78 is 12.8. The summed E-state index contributed by atoms with van der Waals surface area (Å²) in [4.78, 5) is 0. The number of nitrogens with one attached hydrogen (secondary N) is 1. The molecule has 0 saturated heterocycles. The van der Waals surface area contributed by atoms with Gasteiger partial charge in [-0.05, 0) is 32.3 Å². The average Bonchev–Trinajstić information content (AvgIpc) is 2.23. The molecule has 0 spiro atoms. The van der Waals surface area contributed by atoms with Crippen molar-refractivity contribution in [1.82, 2.24) is 5.32 Å². The highest BCUT2D eigenvalue weighted by atomic mass is 19.1. The number of hydrogen-bond donors (Lipinski definition) is 3. The zero-order valence-corrected chi connectivity index (χ0v) is 9.91. The fourth-order valence-corrected chi connectivity index (χ4v) is 2.10. The second kappa shape index (κ2) is 4.63. The fraction of sp³-hybridized carbons (Fsp3) is 0.538. The van der Waals surface area contributed by atoms with Crippen molar-refractivity contribution in [3.8, 4) is 5.75 Å². The second-order valence-electron chi connectivity index (χ2n) is 4.88. The molecule has 1 fully saturated rings. The third-order valence-electron chi connectivity index (χ3n) is 3.48. The summed E-state index contributed by atoms with van der Waals surface area (Å²) in [5.41, 5.74) is 0.0542. The first-order valence-electron chi connectivity index (χ1n) is 5.94. The van der Waals surface area contributed by atoms with Gasteiger partial charge in [0, 0.05) is 24.2 Å². The van der Waals surface area contributed by atoms with Gasteiger partial charge in [0.05, 0.1) is 5.60 Å². The van der Waals surface area contributed by atoms with Crippen LogP contribution in [0.5, 0.6) is 5.75 Å². The molecule has 94 valence electrons. The molecule has 1 atom stereocenters. The molecule has 3 nitrogen and oxygen atoms in total. The van der Waals surface area contributed by atoms with Gasteiger partial charge in [-0.15, -0.1) is 0 Å². The van der Waals surface area contributed by atoms with E-state index in [1.807, 2.05) is 6.92 Å². The predicted molar refractivity (Wildman–Crippen MR) is 63.3 cm³/mol. The second-order valence-corrected chi connectivity index (χ2v) is 4.88. The maximum absolute atomic E-state index is 12.8. The Hall–Kier alpha value is -1.13. The van der Waals surface area contributed by atoms with Crippen LogP contribution >= 0.6 is 0 Å². The van der Waals surface area contributed by atoms with Crippen molar-refractivity contribution in [1.29, 1.82) is 0 Å². The standard InChI is InChI=1S/C13H18FNO2/c1-9(15-8-13(17)5-2-6-13)11-4-3-10(14)7-12(11)16/h3-4,7,9,15-17H,2,5-6,8H2,1H3. The molecule has 4 heteroatoms. The Bertz CT molecular complexity index is 404. The first kappa shape index (κ1) is 12.3. The number of hydrogen-bond acceptors (Lipinski definition) is 3. The van der Waals surface area contributed by atoms with E-state index in [4.69, 9.17) is 0 Å². The quantitative estimate of drug-likeness (QED) is 0.754. The van der Waals surface area contributed by atoms with Crippen LogP contribution in [-0.2, 0) is 0 Å². The first-order chi connectivity index (χ1) is 8.00. The van der Waals surface area contributed by atoms with E-state index < -0.39 is 11.4 Å². The summed E-state index contributed by atoms with van der Waals surface area (Å²) in [5, 5.41) is 22.7. The Morgan fingerprint density at radius 3 is 2.71 bits per heavy atom. The van der Waals surface area contributed by atoms with Crippen molar-refractivity contribution >= 4 is 0 Å². The van der Waals surface area contributed by atoms with Gasteiger partial charge < -0.3 is 15.5 Å². The van der Waals surface area contributed by atoms with Gasteiger partial charge in [0.1, 0.15) is 11.6 Å². The maximum atomic E-state index is 12.8. The lowest BCUT2D eigenvalue weighted by Gasteiger charge is -2.37. The van der Waals surface area contributed by atoms with Gasteiger partial charge in [0.15, 0.2) is 0 Å². The highest BCUT2D eigenvalue weighted by molar-refractivity contribution is 5.34. The lowest BCUT2D eigenvalue weighted by molar-refractivity contribution is -0.0329. The topological polar surface area (TPSA) is 52.5 Å². The van der Waals surface area contributed by atoms with E-state index >= 15 is 0 Å². The molecule has 0 amide bonds. The number of benzene rings is 1. The molecule has 0 radical (unpaired) electrons. The van der Waals surface area contributed by atoms with Crippen molar-refractivity contribution in [3.05, 3.63) is 29.6 Å². The van der Waals surface area contributed by atoms with Crippen molar-refractivity contribution < 1.29 is 14.6 Å². The van der Waals surface area contributed by atoms with E-state index in [0.29, 0.717) is 12.1 Å². The number of phenolic OH excluding ortho intramolecular Hbond substituents is 1. The number of aliphatic hydroxyl groups is 1. The van der Waals surface area contributed by atoms with E-state index in [9.17, 15) is 14.6 Å². The van der Waals surface area contributed by atoms with Crippen LogP contribution in [-0.4, -0.2) is 22.4 Å². The number of halogens is 1. The minimum Gasteiger partial charge on any atom is -0.508 e. The zero-order valence-electron chi connectivity index (χ0n) is 9.91. The van der Waals surface area contributed by atoms with Gasteiger partial charge in [-0.2, -0.15) is 0 Å². The van der Waals surface area contributed by atoms with E-state index in [2.05, 4.69) is 5.32 Å². The van der Waals surface area contributed by atoms with Gasteiger partial charge in [-0.25, -0.2) is 4.39 Å². The molecule has 1 aliphatic carbocycles. The van der Waals surface area contributed by atoms with Gasteiger partial charge in [0.2, 0.25) is 0 Å². The molecule has 3 N–H and O–H groups in total. The SMILES string of the molecule is CC(NCC1(O)CCC1)c1ccc(F)cc1O. The van der Waals surface area contributed by atoms with Crippen molar-refractivity contribution in [2.75, 3.05) is 6.54 Å². The summed E-state index contributed by atoms with van der Waals surface area (Å²) in [7, 11) is 0. The molecular weight excluding hydrogens is 221 g/mol. The number of rotatable bonds is 4. The lowest BCUT2D eigenvalue weighted by Crippen LogP contribution is -2.46. The molecule has 1 aliphatic rings. The Morgan fingerprint density at radius 2 is 2.18 bits per heavy atom. The minimum atomic E-state index is -0.593. The van der Waals surface area contributed by atoms with E-state index in [-0.39, 0.29) is 11.8 Å². The predicted octanol–water partition coefficient (Wildman–Crippen LogP) is 2.10. The highest BCUT2D eigenvalue weighted by Crippen LogP contribution is 2.32. The monoisotopic (exact) mass is 239 g/mol. The molecule has 0 aromatic heterocycles. The third-order valence-corrected chi connectivity index (χ3v) is 3.48. The largest absolute Gasteiger partial charge is 0.508 e. The van der Waals surface area contributed by atoms with Crippen LogP contribution in [0.15, 0.2) is 18.2 Å². The van der Waals surface area contributed by atoms with Crippen molar-refractivity contribution in [3.63, 3.8) is 0 Å². The van der Waals surface area contributed by atoms with Crippen LogP contribution in [0.3, 0.4) is 0 Å². The minimum absolute atomic E-state index is 0.0504. The molecule has 1 aromatic rings. The van der Waals surface area contributed by atoms with Crippen LogP contribution in [0.4, 0.5) is 4.39 Å². The van der Waals surface area contributed by atoms with Crippen LogP contribution in [0.25, 0.3) is 0 Å². The molecule has 2 rings (SSSR count). The normalized spacial score (nSPS) is 19.7. The fourth-order valence-electron chi connectivity index (χ4n) is 2.10. The molecule has 17 heavy (non-hydrogen) atoms. The Morgan fingerprint density at radius 1 is 1.47 bits per heavy atom. The van der Waals surface area contributed by atoms with Gasteiger partial charge in [-0.3, -0.25) is 0 Å². The summed E-state index contributed by atoms with van der Waals surface area (Å²) in [6, 6.07) is 3.88. The van der Waals surface area contributed by atoms with E-state index in [1.54, 1.807) is 6.07 Å². The first-order valence-corrected chi connectivity index (χ1v) is 5.94. The molecule has 1 saturated carbocycles. The van der Waals surface area contributed by atoms with Crippen LogP contribution in [0.1, 0.15) is 37.8 Å².